The molecule has 0 aliphatic carbocycles. The lowest BCUT2D eigenvalue weighted by Gasteiger charge is -2.18. The summed E-state index contributed by atoms with van der Waals surface area (Å²) in [6, 6.07) is 11.0. The Labute approximate surface area is 144 Å². The van der Waals surface area contributed by atoms with Crippen molar-refractivity contribution in [2.75, 3.05) is 6.61 Å². The molecule has 128 valence electrons. The van der Waals surface area contributed by atoms with Gasteiger partial charge < -0.3 is 4.74 Å². The first-order valence-electron chi connectivity index (χ1n) is 7.99. The molecule has 0 aromatic heterocycles. The molecular formula is C19H17NO5. The molecule has 2 aromatic carbocycles. The van der Waals surface area contributed by atoms with E-state index in [1.54, 1.807) is 13.0 Å². The van der Waals surface area contributed by atoms with E-state index in [1.807, 2.05) is 30.3 Å². The van der Waals surface area contributed by atoms with Crippen molar-refractivity contribution >= 4 is 34.3 Å². The number of nitrogens with zero attached hydrogens (tertiary/aromatic N) is 1. The molecule has 1 heterocycles. The monoisotopic (exact) mass is 339 g/mol. The van der Waals surface area contributed by atoms with Crippen LogP contribution in [0.25, 0.3) is 10.8 Å². The highest BCUT2D eigenvalue weighted by atomic mass is 16.5. The molecule has 0 radical (unpaired) electrons. The lowest BCUT2D eigenvalue weighted by atomic mass is 10.0. The molecule has 0 saturated heterocycles. The Bertz CT molecular complexity index is 902. The summed E-state index contributed by atoms with van der Waals surface area (Å²) in [7, 11) is 0. The van der Waals surface area contributed by atoms with Gasteiger partial charge in [0.2, 0.25) is 0 Å². The molecule has 0 N–H and O–H groups in total. The van der Waals surface area contributed by atoms with Gasteiger partial charge in [-0.25, -0.2) is 0 Å². The fourth-order valence-electron chi connectivity index (χ4n) is 3.08. The summed E-state index contributed by atoms with van der Waals surface area (Å²) in [6.07, 6.45) is 0. The Morgan fingerprint density at radius 2 is 1.88 bits per heavy atom. The molecule has 6 nitrogen and oxygen atoms in total. The summed E-state index contributed by atoms with van der Waals surface area (Å²) in [5.41, 5.74) is 1.14. The number of amides is 2. The second-order valence-corrected chi connectivity index (χ2v) is 5.84. The minimum atomic E-state index is -1.61. The van der Waals surface area contributed by atoms with Gasteiger partial charge in [-0.15, -0.1) is 0 Å². The standard InChI is InChI=1S/C19H17NO5/c1-3-25-19(24)16(11(2)21)18(23)20-10-15-13-7-5-4-6-12(13)8-9-14(15)17(20)22/h4-9,16H,3,10H2,1-2H3. The number of ether oxygens (including phenoxy) is 1. The second kappa shape index (κ2) is 6.47. The van der Waals surface area contributed by atoms with Crippen LogP contribution in [0.15, 0.2) is 36.4 Å². The zero-order valence-corrected chi connectivity index (χ0v) is 13.9. The van der Waals surface area contributed by atoms with Crippen LogP contribution in [0.4, 0.5) is 0 Å². The van der Waals surface area contributed by atoms with Crippen molar-refractivity contribution in [3.05, 3.63) is 47.5 Å². The van der Waals surface area contributed by atoms with Gasteiger partial charge in [0, 0.05) is 5.56 Å². The predicted octanol–water partition coefficient (Wildman–Crippen LogP) is 2.09. The maximum absolute atomic E-state index is 12.7. The molecule has 1 atom stereocenters. The van der Waals surface area contributed by atoms with Crippen LogP contribution in [0.5, 0.6) is 0 Å². The van der Waals surface area contributed by atoms with Gasteiger partial charge in [0.1, 0.15) is 0 Å². The van der Waals surface area contributed by atoms with Gasteiger partial charge >= 0.3 is 5.97 Å². The average Bonchev–Trinajstić information content (AvgIpc) is 2.92. The van der Waals surface area contributed by atoms with Crippen molar-refractivity contribution < 1.29 is 23.9 Å². The third-order valence-corrected chi connectivity index (χ3v) is 4.27. The first-order chi connectivity index (χ1) is 12.0. The third-order valence-electron chi connectivity index (χ3n) is 4.27. The van der Waals surface area contributed by atoms with Crippen LogP contribution in [-0.4, -0.2) is 35.1 Å². The molecule has 1 aliphatic rings. The molecule has 25 heavy (non-hydrogen) atoms. The number of fused-ring (bicyclic) bond motifs is 3. The lowest BCUT2D eigenvalue weighted by molar-refractivity contribution is -0.157. The fraction of sp³-hybridized carbons (Fsp3) is 0.263. The molecule has 0 bridgehead atoms. The first-order valence-corrected chi connectivity index (χ1v) is 7.99. The van der Waals surface area contributed by atoms with Crippen LogP contribution in [0.3, 0.4) is 0 Å². The molecule has 2 amide bonds. The quantitative estimate of drug-likeness (QED) is 0.629. The van der Waals surface area contributed by atoms with Crippen molar-refractivity contribution in [3.63, 3.8) is 0 Å². The Hall–Kier alpha value is -3.02. The highest BCUT2D eigenvalue weighted by Crippen LogP contribution is 2.31. The van der Waals surface area contributed by atoms with Crippen molar-refractivity contribution in [1.82, 2.24) is 4.90 Å². The van der Waals surface area contributed by atoms with Crippen molar-refractivity contribution in [1.29, 1.82) is 0 Å². The third kappa shape index (κ3) is 2.80. The highest BCUT2D eigenvalue weighted by Gasteiger charge is 2.42. The Balaban J connectivity index is 1.97. The number of carbonyl (C=O) groups excluding carboxylic acids is 4. The maximum Gasteiger partial charge on any atom is 0.326 e. The molecular weight excluding hydrogens is 322 g/mol. The fourth-order valence-corrected chi connectivity index (χ4v) is 3.08. The number of carbonyl (C=O) groups is 4. The van der Waals surface area contributed by atoms with E-state index in [9.17, 15) is 19.2 Å². The number of rotatable bonds is 4. The molecule has 3 rings (SSSR count). The highest BCUT2D eigenvalue weighted by molar-refractivity contribution is 6.21. The van der Waals surface area contributed by atoms with Crippen LogP contribution < -0.4 is 0 Å². The molecule has 1 aliphatic heterocycles. The van der Waals surface area contributed by atoms with Crippen LogP contribution in [0.1, 0.15) is 29.8 Å². The van der Waals surface area contributed by atoms with E-state index in [1.165, 1.54) is 0 Å². The van der Waals surface area contributed by atoms with Gasteiger partial charge in [-0.2, -0.15) is 0 Å². The van der Waals surface area contributed by atoms with Crippen LogP contribution in [0.2, 0.25) is 0 Å². The minimum absolute atomic E-state index is 0.0392. The topological polar surface area (TPSA) is 80.8 Å². The Kier molecular flexibility index (Phi) is 4.35. The molecule has 2 aromatic rings. The molecule has 0 saturated carbocycles. The smallest absolute Gasteiger partial charge is 0.326 e. The molecule has 1 unspecified atom stereocenters. The summed E-state index contributed by atoms with van der Waals surface area (Å²) < 4.78 is 4.81. The Morgan fingerprint density at radius 1 is 1.16 bits per heavy atom. The van der Waals surface area contributed by atoms with Gasteiger partial charge in [-0.05, 0) is 36.2 Å². The zero-order valence-electron chi connectivity index (χ0n) is 13.9. The summed E-state index contributed by atoms with van der Waals surface area (Å²) in [4.78, 5) is 50.1. The number of imide groups is 1. The van der Waals surface area contributed by atoms with Crippen molar-refractivity contribution in [2.24, 2.45) is 5.92 Å². The number of ketones is 1. The molecule has 6 heteroatoms. The Morgan fingerprint density at radius 3 is 2.56 bits per heavy atom. The van der Waals surface area contributed by atoms with Gasteiger partial charge in [0.05, 0.1) is 13.2 Å². The normalized spacial score (nSPS) is 14.3. The van der Waals surface area contributed by atoms with Gasteiger partial charge in [0.15, 0.2) is 11.7 Å². The maximum atomic E-state index is 12.7. The van der Waals surface area contributed by atoms with E-state index in [4.69, 9.17) is 4.74 Å². The average molecular weight is 339 g/mol. The summed E-state index contributed by atoms with van der Waals surface area (Å²) in [6.45, 7) is 2.82. The van der Waals surface area contributed by atoms with E-state index in [0.29, 0.717) is 5.56 Å². The van der Waals surface area contributed by atoms with E-state index in [2.05, 4.69) is 0 Å². The SMILES string of the molecule is CCOC(=O)C(C(C)=O)C(=O)N1Cc2c(ccc3ccccc23)C1=O. The van der Waals surface area contributed by atoms with E-state index < -0.39 is 29.5 Å². The van der Waals surface area contributed by atoms with E-state index in [0.717, 1.165) is 28.2 Å². The largest absolute Gasteiger partial charge is 0.465 e. The van der Waals surface area contributed by atoms with Gasteiger partial charge in [0.25, 0.3) is 11.8 Å². The number of hydrogen-bond acceptors (Lipinski definition) is 5. The van der Waals surface area contributed by atoms with Gasteiger partial charge in [-0.1, -0.05) is 30.3 Å². The summed E-state index contributed by atoms with van der Waals surface area (Å²) in [5, 5.41) is 1.83. The van der Waals surface area contributed by atoms with Gasteiger partial charge in [-0.3, -0.25) is 24.1 Å². The lowest BCUT2D eigenvalue weighted by Crippen LogP contribution is -2.43. The first kappa shape index (κ1) is 16.8. The van der Waals surface area contributed by atoms with Crippen molar-refractivity contribution in [3.8, 4) is 0 Å². The van der Waals surface area contributed by atoms with E-state index in [-0.39, 0.29) is 13.2 Å². The number of Topliss-reactive ketones (excluding diaryl/α,β-unsaturated/α-hetero) is 1. The molecule has 0 spiro atoms. The van der Waals surface area contributed by atoms with Crippen LogP contribution in [-0.2, 0) is 25.7 Å². The van der Waals surface area contributed by atoms with E-state index >= 15 is 0 Å². The number of esters is 1. The predicted molar refractivity (Wildman–Crippen MR) is 89.6 cm³/mol. The van der Waals surface area contributed by atoms with Crippen LogP contribution in [0, 0.1) is 5.92 Å². The second-order valence-electron chi connectivity index (χ2n) is 5.84. The zero-order chi connectivity index (χ0) is 18.1. The number of benzene rings is 2. The van der Waals surface area contributed by atoms with Crippen LogP contribution >= 0.6 is 0 Å². The minimum Gasteiger partial charge on any atom is -0.465 e. The number of hydrogen-bond donors (Lipinski definition) is 0. The van der Waals surface area contributed by atoms with Crippen molar-refractivity contribution in [2.45, 2.75) is 20.4 Å². The summed E-state index contributed by atoms with van der Waals surface area (Å²) in [5.74, 6) is -4.51. The molecule has 0 fully saturated rings. The summed E-state index contributed by atoms with van der Waals surface area (Å²) >= 11 is 0.